The fourth-order valence-electron chi connectivity index (χ4n) is 2.32. The van der Waals surface area contributed by atoms with E-state index in [1.54, 1.807) is 13.0 Å². The molecule has 96 valence electrons. The second kappa shape index (κ2) is 5.12. The predicted molar refractivity (Wildman–Crippen MR) is 71.6 cm³/mol. The van der Waals surface area contributed by atoms with Crippen LogP contribution in [0.2, 0.25) is 0 Å². The molecule has 1 fully saturated rings. The molecule has 0 N–H and O–H groups in total. The van der Waals surface area contributed by atoms with E-state index in [0.717, 1.165) is 5.69 Å². The zero-order valence-electron chi connectivity index (χ0n) is 10.9. The van der Waals surface area contributed by atoms with Crippen molar-refractivity contribution in [3.8, 4) is 12.1 Å². The highest BCUT2D eigenvalue weighted by molar-refractivity contribution is 5.94. The number of carbonyl (C=O) groups excluding carboxylic acids is 1. The quantitative estimate of drug-likeness (QED) is 0.759. The number of hydrogen-bond acceptors (Lipinski definition) is 4. The summed E-state index contributed by atoms with van der Waals surface area (Å²) in [6.45, 7) is 2.89. The Morgan fingerprint density at radius 3 is 2.42 bits per heavy atom. The summed E-state index contributed by atoms with van der Waals surface area (Å²) in [5, 5.41) is 18.2. The molecule has 0 unspecified atom stereocenters. The normalized spacial score (nSPS) is 17.3. The van der Waals surface area contributed by atoms with E-state index >= 15 is 0 Å². The summed E-state index contributed by atoms with van der Waals surface area (Å²) in [4.78, 5) is 13.5. The molecule has 0 radical (unpaired) electrons. The fraction of sp³-hybridized carbons (Fsp3) is 0.400. The standard InChI is InChI=1S/C15H15N3O/c1-12(19)13-3-2-4-14(9-13)18-7-5-15(10-16,11-17)6-8-18/h2-4,9H,5-8H2,1H3. The monoisotopic (exact) mass is 253 g/mol. The second-order valence-electron chi connectivity index (χ2n) is 4.90. The third kappa shape index (κ3) is 2.58. The number of nitriles is 2. The average molecular weight is 253 g/mol. The molecule has 4 nitrogen and oxygen atoms in total. The van der Waals surface area contributed by atoms with E-state index in [2.05, 4.69) is 17.0 Å². The number of ketones is 1. The van der Waals surface area contributed by atoms with Crippen LogP contribution in [0, 0.1) is 28.1 Å². The molecule has 0 saturated carbocycles. The molecule has 0 atom stereocenters. The SMILES string of the molecule is CC(=O)c1cccc(N2CCC(C#N)(C#N)CC2)c1. The van der Waals surface area contributed by atoms with Gasteiger partial charge >= 0.3 is 0 Å². The second-order valence-corrected chi connectivity index (χ2v) is 4.90. The average Bonchev–Trinajstić information content (AvgIpc) is 2.47. The third-order valence-electron chi connectivity index (χ3n) is 3.66. The molecule has 0 aliphatic carbocycles. The van der Waals surface area contributed by atoms with Gasteiger partial charge in [-0.25, -0.2) is 0 Å². The molecule has 0 spiro atoms. The van der Waals surface area contributed by atoms with Crippen LogP contribution in [-0.4, -0.2) is 18.9 Å². The Morgan fingerprint density at radius 2 is 1.89 bits per heavy atom. The van der Waals surface area contributed by atoms with Crippen molar-refractivity contribution in [3.63, 3.8) is 0 Å². The van der Waals surface area contributed by atoms with Crippen LogP contribution in [0.25, 0.3) is 0 Å². The van der Waals surface area contributed by atoms with Crippen molar-refractivity contribution in [1.82, 2.24) is 0 Å². The van der Waals surface area contributed by atoms with Gasteiger partial charge in [-0.1, -0.05) is 12.1 Å². The van der Waals surface area contributed by atoms with Crippen LogP contribution in [0.15, 0.2) is 24.3 Å². The van der Waals surface area contributed by atoms with Crippen LogP contribution in [0.3, 0.4) is 0 Å². The van der Waals surface area contributed by atoms with Crippen LogP contribution in [-0.2, 0) is 0 Å². The molecule has 1 aliphatic rings. The van der Waals surface area contributed by atoms with Crippen LogP contribution in [0.1, 0.15) is 30.1 Å². The van der Waals surface area contributed by atoms with Crippen LogP contribution in [0.4, 0.5) is 5.69 Å². The Labute approximate surface area is 112 Å². The number of anilines is 1. The number of nitrogens with zero attached hydrogens (tertiary/aromatic N) is 3. The lowest BCUT2D eigenvalue weighted by Gasteiger charge is -2.34. The number of rotatable bonds is 2. The topological polar surface area (TPSA) is 67.9 Å². The number of piperidine rings is 1. The van der Waals surface area contributed by atoms with Crippen molar-refractivity contribution in [3.05, 3.63) is 29.8 Å². The fourth-order valence-corrected chi connectivity index (χ4v) is 2.32. The lowest BCUT2D eigenvalue weighted by atomic mass is 9.81. The van der Waals surface area contributed by atoms with Gasteiger partial charge in [-0.05, 0) is 31.9 Å². The molecule has 1 aromatic carbocycles. The lowest BCUT2D eigenvalue weighted by Crippen LogP contribution is -2.38. The Bertz CT molecular complexity index is 556. The van der Waals surface area contributed by atoms with Crippen molar-refractivity contribution in [2.45, 2.75) is 19.8 Å². The van der Waals surface area contributed by atoms with Gasteiger partial charge < -0.3 is 4.90 Å². The minimum atomic E-state index is -0.839. The maximum absolute atomic E-state index is 11.4. The summed E-state index contributed by atoms with van der Waals surface area (Å²) in [6, 6.07) is 11.7. The van der Waals surface area contributed by atoms with Crippen molar-refractivity contribution < 1.29 is 4.79 Å². The highest BCUT2D eigenvalue weighted by Crippen LogP contribution is 2.32. The minimum absolute atomic E-state index is 0.0438. The van der Waals surface area contributed by atoms with Gasteiger partial charge in [0.1, 0.15) is 5.41 Å². The Hall–Kier alpha value is -2.33. The van der Waals surface area contributed by atoms with Gasteiger partial charge in [-0.2, -0.15) is 10.5 Å². The van der Waals surface area contributed by atoms with Gasteiger partial charge in [0, 0.05) is 24.3 Å². The van der Waals surface area contributed by atoms with E-state index in [9.17, 15) is 4.79 Å². The first-order chi connectivity index (χ1) is 9.10. The van der Waals surface area contributed by atoms with Crippen LogP contribution >= 0.6 is 0 Å². The largest absolute Gasteiger partial charge is 0.371 e. The number of hydrogen-bond donors (Lipinski definition) is 0. The molecule has 4 heteroatoms. The molecular weight excluding hydrogens is 238 g/mol. The van der Waals surface area contributed by atoms with Gasteiger partial charge in [-0.3, -0.25) is 4.79 Å². The smallest absolute Gasteiger partial charge is 0.159 e. The number of benzene rings is 1. The van der Waals surface area contributed by atoms with Crippen LogP contribution in [0.5, 0.6) is 0 Å². The summed E-state index contributed by atoms with van der Waals surface area (Å²) in [5.41, 5.74) is 0.835. The van der Waals surface area contributed by atoms with E-state index in [4.69, 9.17) is 10.5 Å². The molecule has 0 bridgehead atoms. The number of Topliss-reactive ketones (excluding diaryl/α,β-unsaturated/α-hetero) is 1. The highest BCUT2D eigenvalue weighted by Gasteiger charge is 2.34. The van der Waals surface area contributed by atoms with Gasteiger partial charge in [0.15, 0.2) is 5.78 Å². The first-order valence-electron chi connectivity index (χ1n) is 6.29. The maximum Gasteiger partial charge on any atom is 0.159 e. The van der Waals surface area contributed by atoms with Gasteiger partial charge in [0.05, 0.1) is 12.1 Å². The zero-order chi connectivity index (χ0) is 13.9. The van der Waals surface area contributed by atoms with E-state index in [1.807, 2.05) is 18.2 Å². The van der Waals surface area contributed by atoms with E-state index in [-0.39, 0.29) is 5.78 Å². The van der Waals surface area contributed by atoms with Crippen molar-refractivity contribution in [1.29, 1.82) is 10.5 Å². The van der Waals surface area contributed by atoms with E-state index in [0.29, 0.717) is 31.5 Å². The number of carbonyl (C=O) groups is 1. The van der Waals surface area contributed by atoms with Crippen molar-refractivity contribution in [2.24, 2.45) is 5.41 Å². The summed E-state index contributed by atoms with van der Waals surface area (Å²) in [5.74, 6) is 0.0438. The van der Waals surface area contributed by atoms with Crippen LogP contribution < -0.4 is 4.90 Å². The summed E-state index contributed by atoms with van der Waals surface area (Å²) < 4.78 is 0. The molecule has 2 rings (SSSR count). The van der Waals surface area contributed by atoms with Gasteiger partial charge in [0.25, 0.3) is 0 Å². The van der Waals surface area contributed by atoms with Crippen molar-refractivity contribution in [2.75, 3.05) is 18.0 Å². The Balaban J connectivity index is 2.15. The molecule has 1 aromatic rings. The first kappa shape index (κ1) is 13.1. The van der Waals surface area contributed by atoms with Crippen molar-refractivity contribution >= 4 is 11.5 Å². The molecule has 1 aliphatic heterocycles. The molecule has 1 heterocycles. The summed E-state index contributed by atoms with van der Waals surface area (Å²) in [6.07, 6.45) is 1.09. The third-order valence-corrected chi connectivity index (χ3v) is 3.66. The molecular formula is C15H15N3O. The predicted octanol–water partition coefficient (Wildman–Crippen LogP) is 2.52. The highest BCUT2D eigenvalue weighted by atomic mass is 16.1. The maximum atomic E-state index is 11.4. The zero-order valence-corrected chi connectivity index (χ0v) is 10.9. The summed E-state index contributed by atoms with van der Waals surface area (Å²) in [7, 11) is 0. The Morgan fingerprint density at radius 1 is 1.26 bits per heavy atom. The van der Waals surface area contributed by atoms with E-state index in [1.165, 1.54) is 0 Å². The molecule has 1 saturated heterocycles. The molecule has 19 heavy (non-hydrogen) atoms. The van der Waals surface area contributed by atoms with Gasteiger partial charge in [0.2, 0.25) is 0 Å². The molecule has 0 amide bonds. The van der Waals surface area contributed by atoms with E-state index < -0.39 is 5.41 Å². The minimum Gasteiger partial charge on any atom is -0.371 e. The molecule has 0 aromatic heterocycles. The summed E-state index contributed by atoms with van der Waals surface area (Å²) >= 11 is 0. The first-order valence-corrected chi connectivity index (χ1v) is 6.29. The lowest BCUT2D eigenvalue weighted by molar-refractivity contribution is 0.101. The Kier molecular flexibility index (Phi) is 3.53. The van der Waals surface area contributed by atoms with Gasteiger partial charge in [-0.15, -0.1) is 0 Å².